The number of nitrogens with one attached hydrogen (secondary N) is 1. The van der Waals surface area contributed by atoms with Gasteiger partial charge in [-0.15, -0.1) is 0 Å². The van der Waals surface area contributed by atoms with Crippen LogP contribution in [0, 0.1) is 0 Å². The van der Waals surface area contributed by atoms with Gasteiger partial charge >= 0.3 is 0 Å². The Morgan fingerprint density at radius 2 is 2.22 bits per heavy atom. The van der Waals surface area contributed by atoms with E-state index in [1.807, 2.05) is 6.07 Å². The monoisotopic (exact) mass is 244 g/mol. The predicted molar refractivity (Wildman–Crippen MR) is 65.9 cm³/mol. The van der Waals surface area contributed by atoms with Crippen molar-refractivity contribution in [2.45, 2.75) is 13.3 Å². The van der Waals surface area contributed by atoms with Gasteiger partial charge in [0, 0.05) is 11.3 Å². The number of hydrogen-bond donors (Lipinski definition) is 1. The molecule has 0 radical (unpaired) electrons. The zero-order chi connectivity index (χ0) is 13.0. The highest BCUT2D eigenvalue weighted by atomic mass is 16.3. The molecule has 1 aromatic carbocycles. The van der Waals surface area contributed by atoms with Gasteiger partial charge in [-0.25, -0.2) is 4.98 Å². The van der Waals surface area contributed by atoms with E-state index in [0.29, 0.717) is 11.4 Å². The van der Waals surface area contributed by atoms with Crippen LogP contribution >= 0.6 is 0 Å². The summed E-state index contributed by atoms with van der Waals surface area (Å²) in [5.41, 5.74) is 1.43. The van der Waals surface area contributed by atoms with Crippen LogP contribution in [0.2, 0.25) is 0 Å². The number of aromatic nitrogens is 1. The van der Waals surface area contributed by atoms with Crippen LogP contribution in [0.3, 0.4) is 0 Å². The smallest absolute Gasteiger partial charge is 0.231 e. The Bertz CT molecular complexity index is 561. The van der Waals surface area contributed by atoms with Gasteiger partial charge in [0.15, 0.2) is 12.2 Å². The minimum Gasteiger partial charge on any atom is -0.444 e. The van der Waals surface area contributed by atoms with Gasteiger partial charge in [-0.2, -0.15) is 0 Å². The third-order valence-electron chi connectivity index (χ3n) is 2.27. The Morgan fingerprint density at radius 3 is 2.89 bits per heavy atom. The van der Waals surface area contributed by atoms with Gasteiger partial charge in [-0.05, 0) is 19.1 Å². The Labute approximate surface area is 104 Å². The van der Waals surface area contributed by atoms with E-state index in [2.05, 4.69) is 10.3 Å². The van der Waals surface area contributed by atoms with Crippen molar-refractivity contribution < 1.29 is 14.0 Å². The van der Waals surface area contributed by atoms with Gasteiger partial charge in [-0.3, -0.25) is 9.59 Å². The molecule has 5 heteroatoms. The molecule has 0 bridgehead atoms. The highest BCUT2D eigenvalue weighted by Gasteiger charge is 2.07. The van der Waals surface area contributed by atoms with Crippen LogP contribution in [0.5, 0.6) is 0 Å². The first kappa shape index (κ1) is 12.0. The van der Waals surface area contributed by atoms with E-state index >= 15 is 0 Å². The summed E-state index contributed by atoms with van der Waals surface area (Å²) in [6.07, 6.45) is 2.82. The van der Waals surface area contributed by atoms with E-state index < -0.39 is 0 Å². The summed E-state index contributed by atoms with van der Waals surface area (Å²) in [5, 5.41) is 2.65. The minimum absolute atomic E-state index is 0.119. The lowest BCUT2D eigenvalue weighted by molar-refractivity contribution is -0.124. The molecule has 0 fully saturated rings. The van der Waals surface area contributed by atoms with Crippen LogP contribution in [-0.4, -0.2) is 16.7 Å². The molecule has 0 saturated heterocycles. The number of rotatable bonds is 4. The molecular formula is C13H12N2O3. The van der Waals surface area contributed by atoms with Gasteiger partial charge in [-0.1, -0.05) is 12.1 Å². The molecule has 18 heavy (non-hydrogen) atoms. The largest absolute Gasteiger partial charge is 0.444 e. The zero-order valence-corrected chi connectivity index (χ0v) is 9.84. The number of carbonyl (C=O) groups excluding carboxylic acids is 2. The highest BCUT2D eigenvalue weighted by molar-refractivity contribution is 6.03. The molecular weight excluding hydrogens is 232 g/mol. The van der Waals surface area contributed by atoms with Crippen LogP contribution < -0.4 is 5.32 Å². The number of anilines is 1. The number of amides is 1. The van der Waals surface area contributed by atoms with Crippen LogP contribution in [0.4, 0.5) is 5.69 Å². The second kappa shape index (κ2) is 5.27. The fourth-order valence-electron chi connectivity index (χ4n) is 1.54. The third-order valence-corrected chi connectivity index (χ3v) is 2.27. The maximum absolute atomic E-state index is 11.5. The van der Waals surface area contributed by atoms with Gasteiger partial charge in [0.25, 0.3) is 0 Å². The summed E-state index contributed by atoms with van der Waals surface area (Å²) < 4.78 is 5.17. The quantitative estimate of drug-likeness (QED) is 0.837. The molecule has 0 spiro atoms. The van der Waals surface area contributed by atoms with Crippen molar-refractivity contribution in [1.29, 1.82) is 0 Å². The maximum atomic E-state index is 11.5. The van der Waals surface area contributed by atoms with Gasteiger partial charge in [0.05, 0.1) is 12.6 Å². The summed E-state index contributed by atoms with van der Waals surface area (Å²) in [6, 6.07) is 7.15. The second-order valence-electron chi connectivity index (χ2n) is 3.87. The van der Waals surface area contributed by atoms with Gasteiger partial charge in [0.1, 0.15) is 5.78 Å². The van der Waals surface area contributed by atoms with Gasteiger partial charge < -0.3 is 9.73 Å². The van der Waals surface area contributed by atoms with E-state index in [1.54, 1.807) is 24.4 Å². The summed E-state index contributed by atoms with van der Waals surface area (Å²) in [6.45, 7) is 1.38. The van der Waals surface area contributed by atoms with E-state index in [-0.39, 0.29) is 18.1 Å². The third kappa shape index (κ3) is 3.04. The number of benzene rings is 1. The average molecular weight is 244 g/mol. The van der Waals surface area contributed by atoms with Crippen molar-refractivity contribution in [2.75, 3.05) is 5.32 Å². The number of hydrogen-bond acceptors (Lipinski definition) is 4. The van der Waals surface area contributed by atoms with Crippen molar-refractivity contribution in [3.8, 4) is 11.3 Å². The van der Waals surface area contributed by atoms with Crippen LogP contribution in [0.1, 0.15) is 13.3 Å². The molecule has 2 rings (SSSR count). The summed E-state index contributed by atoms with van der Waals surface area (Å²) in [5.74, 6) is 0.133. The van der Waals surface area contributed by atoms with Crippen molar-refractivity contribution in [2.24, 2.45) is 0 Å². The fraction of sp³-hybridized carbons (Fsp3) is 0.154. The Kier molecular flexibility index (Phi) is 3.52. The number of carbonyl (C=O) groups is 2. The minimum atomic E-state index is -0.322. The summed E-state index contributed by atoms with van der Waals surface area (Å²) in [7, 11) is 0. The standard InChI is InChI=1S/C13H12N2O3/c1-9(16)5-13(17)15-11-4-2-3-10(6-11)12-7-14-8-18-12/h2-4,6-8H,5H2,1H3,(H,15,17). The Morgan fingerprint density at radius 1 is 1.39 bits per heavy atom. The molecule has 0 saturated carbocycles. The van der Waals surface area contributed by atoms with Crippen molar-refractivity contribution in [3.63, 3.8) is 0 Å². The van der Waals surface area contributed by atoms with Crippen molar-refractivity contribution >= 4 is 17.4 Å². The van der Waals surface area contributed by atoms with E-state index in [0.717, 1.165) is 5.56 Å². The number of nitrogens with zero attached hydrogens (tertiary/aromatic N) is 1. The molecule has 1 aromatic heterocycles. The van der Waals surface area contributed by atoms with Crippen molar-refractivity contribution in [3.05, 3.63) is 36.9 Å². The topological polar surface area (TPSA) is 72.2 Å². The number of Topliss-reactive ketones (excluding diaryl/α,β-unsaturated/α-hetero) is 1. The fourth-order valence-corrected chi connectivity index (χ4v) is 1.54. The lowest BCUT2D eigenvalue weighted by atomic mass is 10.1. The molecule has 0 atom stereocenters. The molecule has 92 valence electrons. The lowest BCUT2D eigenvalue weighted by Crippen LogP contribution is -2.14. The Balaban J connectivity index is 2.13. The number of oxazole rings is 1. The summed E-state index contributed by atoms with van der Waals surface area (Å²) in [4.78, 5) is 26.1. The maximum Gasteiger partial charge on any atom is 0.231 e. The zero-order valence-electron chi connectivity index (χ0n) is 9.84. The van der Waals surface area contributed by atoms with Crippen molar-refractivity contribution in [1.82, 2.24) is 4.98 Å². The van der Waals surface area contributed by atoms with Crippen LogP contribution in [-0.2, 0) is 9.59 Å². The first-order chi connectivity index (χ1) is 8.65. The van der Waals surface area contributed by atoms with E-state index in [1.165, 1.54) is 13.3 Å². The predicted octanol–water partition coefficient (Wildman–Crippen LogP) is 2.26. The molecule has 1 N–H and O–H groups in total. The average Bonchev–Trinajstić information content (AvgIpc) is 2.81. The van der Waals surface area contributed by atoms with E-state index in [4.69, 9.17) is 4.42 Å². The van der Waals surface area contributed by atoms with Crippen LogP contribution in [0.15, 0.2) is 41.3 Å². The van der Waals surface area contributed by atoms with Gasteiger partial charge in [0.2, 0.25) is 5.91 Å². The lowest BCUT2D eigenvalue weighted by Gasteiger charge is -2.05. The van der Waals surface area contributed by atoms with Crippen LogP contribution in [0.25, 0.3) is 11.3 Å². The normalized spacial score (nSPS) is 10.1. The number of ketones is 1. The molecule has 0 aliphatic carbocycles. The van der Waals surface area contributed by atoms with E-state index in [9.17, 15) is 9.59 Å². The first-order valence-electron chi connectivity index (χ1n) is 5.43. The second-order valence-corrected chi connectivity index (χ2v) is 3.87. The molecule has 1 amide bonds. The molecule has 0 aliphatic heterocycles. The SMILES string of the molecule is CC(=O)CC(=O)Nc1cccc(-c2cnco2)c1. The molecule has 0 unspecified atom stereocenters. The molecule has 2 aromatic rings. The molecule has 0 aliphatic rings. The molecule has 5 nitrogen and oxygen atoms in total. The summed E-state index contributed by atoms with van der Waals surface area (Å²) >= 11 is 0. The molecule has 1 heterocycles. The highest BCUT2D eigenvalue weighted by Crippen LogP contribution is 2.22. The Hall–Kier alpha value is -2.43. The first-order valence-corrected chi connectivity index (χ1v) is 5.43.